The van der Waals surface area contributed by atoms with Gasteiger partial charge in [-0.2, -0.15) is 0 Å². The lowest BCUT2D eigenvalue weighted by Gasteiger charge is -2.35. The van der Waals surface area contributed by atoms with Gasteiger partial charge in [0.25, 0.3) is 5.91 Å². The Morgan fingerprint density at radius 2 is 2.00 bits per heavy atom. The van der Waals surface area contributed by atoms with Crippen LogP contribution in [0.3, 0.4) is 0 Å². The van der Waals surface area contributed by atoms with Crippen LogP contribution in [0.15, 0.2) is 61.2 Å². The van der Waals surface area contributed by atoms with Crippen LogP contribution in [0.2, 0.25) is 5.02 Å². The fraction of sp³-hybridized carbons (Fsp3) is 0.118. The Labute approximate surface area is 128 Å². The van der Waals surface area contributed by atoms with E-state index < -0.39 is 6.04 Å². The third-order valence-electron chi connectivity index (χ3n) is 3.51. The first-order valence-corrected chi connectivity index (χ1v) is 7.12. The summed E-state index contributed by atoms with van der Waals surface area (Å²) in [5.41, 5.74) is 2.62. The van der Waals surface area contributed by atoms with Crippen LogP contribution in [0.25, 0.3) is 0 Å². The van der Waals surface area contributed by atoms with Gasteiger partial charge in [-0.05, 0) is 23.8 Å². The fourth-order valence-corrected chi connectivity index (χ4v) is 2.71. The number of hydrogen-bond donors (Lipinski definition) is 1. The molecule has 1 amide bonds. The van der Waals surface area contributed by atoms with Crippen LogP contribution < -0.4 is 10.2 Å². The van der Waals surface area contributed by atoms with E-state index in [2.05, 4.69) is 11.9 Å². The Balaban J connectivity index is 2.07. The molecule has 0 fully saturated rings. The monoisotopic (exact) mass is 298 g/mol. The van der Waals surface area contributed by atoms with Gasteiger partial charge in [0.1, 0.15) is 6.04 Å². The number of fused-ring (bicyclic) bond motifs is 1. The molecule has 1 unspecified atom stereocenters. The second kappa shape index (κ2) is 5.62. The first-order valence-electron chi connectivity index (χ1n) is 6.74. The second-order valence-corrected chi connectivity index (χ2v) is 5.32. The van der Waals surface area contributed by atoms with Gasteiger partial charge in [0.05, 0.1) is 11.4 Å². The molecule has 3 nitrogen and oxygen atoms in total. The molecule has 4 heteroatoms. The summed E-state index contributed by atoms with van der Waals surface area (Å²) in [6.45, 7) is 4.21. The molecule has 1 N–H and O–H groups in total. The van der Waals surface area contributed by atoms with Crippen molar-refractivity contribution in [1.82, 2.24) is 0 Å². The molecule has 2 aromatic carbocycles. The van der Waals surface area contributed by atoms with Crippen LogP contribution in [0.1, 0.15) is 11.6 Å². The van der Waals surface area contributed by atoms with E-state index in [1.54, 1.807) is 17.0 Å². The van der Waals surface area contributed by atoms with Gasteiger partial charge in [-0.15, -0.1) is 6.58 Å². The number of hydrogen-bond acceptors (Lipinski definition) is 2. The summed E-state index contributed by atoms with van der Waals surface area (Å²) in [6, 6.07) is 14.7. The van der Waals surface area contributed by atoms with Crippen molar-refractivity contribution < 1.29 is 4.79 Å². The fourth-order valence-electron chi connectivity index (χ4n) is 2.54. The topological polar surface area (TPSA) is 32.3 Å². The zero-order valence-corrected chi connectivity index (χ0v) is 12.2. The maximum absolute atomic E-state index is 12.7. The Morgan fingerprint density at radius 3 is 2.71 bits per heavy atom. The third-order valence-corrected chi connectivity index (χ3v) is 3.74. The van der Waals surface area contributed by atoms with Gasteiger partial charge in [-0.25, -0.2) is 0 Å². The van der Waals surface area contributed by atoms with Crippen molar-refractivity contribution in [2.24, 2.45) is 0 Å². The SMILES string of the molecule is C=CCN1C(=O)C(c2ccccc2)Nc2cc(Cl)ccc21. The number of anilines is 2. The smallest absolute Gasteiger partial charge is 0.254 e. The van der Waals surface area contributed by atoms with Crippen molar-refractivity contribution in [3.05, 3.63) is 71.8 Å². The second-order valence-electron chi connectivity index (χ2n) is 4.89. The Kier molecular flexibility index (Phi) is 3.67. The summed E-state index contributed by atoms with van der Waals surface area (Å²) >= 11 is 6.07. The van der Waals surface area contributed by atoms with Gasteiger partial charge >= 0.3 is 0 Å². The lowest BCUT2D eigenvalue weighted by molar-refractivity contribution is -0.119. The van der Waals surface area contributed by atoms with E-state index in [0.29, 0.717) is 11.6 Å². The molecular formula is C17H15ClN2O. The van der Waals surface area contributed by atoms with Gasteiger partial charge in [-0.1, -0.05) is 48.0 Å². The molecule has 1 atom stereocenters. The van der Waals surface area contributed by atoms with E-state index in [-0.39, 0.29) is 5.91 Å². The van der Waals surface area contributed by atoms with Crippen molar-refractivity contribution in [3.8, 4) is 0 Å². The number of amides is 1. The minimum Gasteiger partial charge on any atom is -0.368 e. The maximum Gasteiger partial charge on any atom is 0.254 e. The van der Waals surface area contributed by atoms with Crippen LogP contribution >= 0.6 is 11.6 Å². The highest BCUT2D eigenvalue weighted by molar-refractivity contribution is 6.31. The van der Waals surface area contributed by atoms with Gasteiger partial charge in [0.2, 0.25) is 0 Å². The quantitative estimate of drug-likeness (QED) is 0.868. The van der Waals surface area contributed by atoms with Gasteiger partial charge in [0, 0.05) is 11.6 Å². The Hall–Kier alpha value is -2.26. The average Bonchev–Trinajstić information content (AvgIpc) is 2.51. The maximum atomic E-state index is 12.7. The number of nitrogens with zero attached hydrogens (tertiary/aromatic N) is 1. The molecule has 0 spiro atoms. The molecule has 1 aliphatic rings. The van der Waals surface area contributed by atoms with Crippen LogP contribution in [-0.2, 0) is 4.79 Å². The summed E-state index contributed by atoms with van der Waals surface area (Å²) in [7, 11) is 0. The van der Waals surface area contributed by atoms with E-state index in [1.807, 2.05) is 42.5 Å². The van der Waals surface area contributed by atoms with Crippen molar-refractivity contribution in [3.63, 3.8) is 0 Å². The minimum absolute atomic E-state index is 0.0101. The average molecular weight is 299 g/mol. The van der Waals surface area contributed by atoms with Crippen molar-refractivity contribution in [1.29, 1.82) is 0 Å². The first kappa shape index (κ1) is 13.7. The molecule has 3 rings (SSSR count). The van der Waals surface area contributed by atoms with Gasteiger partial charge < -0.3 is 10.2 Å². The molecular weight excluding hydrogens is 284 g/mol. The highest BCUT2D eigenvalue weighted by Gasteiger charge is 2.32. The molecule has 2 aromatic rings. The predicted molar refractivity (Wildman–Crippen MR) is 86.8 cm³/mol. The molecule has 0 bridgehead atoms. The molecule has 0 aromatic heterocycles. The van der Waals surface area contributed by atoms with E-state index in [4.69, 9.17) is 11.6 Å². The Morgan fingerprint density at radius 1 is 1.24 bits per heavy atom. The number of carbonyl (C=O) groups excluding carboxylic acids is 1. The van der Waals surface area contributed by atoms with Crippen molar-refractivity contribution >= 4 is 28.9 Å². The molecule has 0 saturated heterocycles. The van der Waals surface area contributed by atoms with Crippen LogP contribution in [0.4, 0.5) is 11.4 Å². The Bertz CT molecular complexity index is 684. The van der Waals surface area contributed by atoms with Crippen LogP contribution in [0.5, 0.6) is 0 Å². The summed E-state index contributed by atoms with van der Waals surface area (Å²) in [4.78, 5) is 14.5. The standard InChI is InChI=1S/C17H15ClN2O/c1-2-10-20-15-9-8-13(18)11-14(15)19-16(17(20)21)12-6-4-3-5-7-12/h2-9,11,16,19H,1,10H2. The van der Waals surface area contributed by atoms with Gasteiger partial charge in [0.15, 0.2) is 0 Å². The van der Waals surface area contributed by atoms with Crippen molar-refractivity contribution in [2.75, 3.05) is 16.8 Å². The molecule has 21 heavy (non-hydrogen) atoms. The largest absolute Gasteiger partial charge is 0.368 e. The highest BCUT2D eigenvalue weighted by atomic mass is 35.5. The number of halogens is 1. The van der Waals surface area contributed by atoms with Crippen LogP contribution in [0, 0.1) is 0 Å². The van der Waals surface area contributed by atoms with E-state index in [0.717, 1.165) is 16.9 Å². The predicted octanol–water partition coefficient (Wildman–Crippen LogP) is 4.03. The summed E-state index contributed by atoms with van der Waals surface area (Å²) in [5.74, 6) is 0.0101. The van der Waals surface area contributed by atoms with Crippen molar-refractivity contribution in [2.45, 2.75) is 6.04 Å². The number of carbonyl (C=O) groups is 1. The summed E-state index contributed by atoms with van der Waals surface area (Å²) < 4.78 is 0. The van der Waals surface area contributed by atoms with E-state index >= 15 is 0 Å². The molecule has 0 aliphatic carbocycles. The molecule has 0 saturated carbocycles. The zero-order valence-electron chi connectivity index (χ0n) is 11.4. The summed E-state index contributed by atoms with van der Waals surface area (Å²) in [5, 5.41) is 3.92. The van der Waals surface area contributed by atoms with Crippen LogP contribution in [-0.4, -0.2) is 12.5 Å². The van der Waals surface area contributed by atoms with E-state index in [1.165, 1.54) is 0 Å². The summed E-state index contributed by atoms with van der Waals surface area (Å²) in [6.07, 6.45) is 1.73. The minimum atomic E-state index is -0.405. The molecule has 1 heterocycles. The molecule has 0 radical (unpaired) electrons. The molecule has 1 aliphatic heterocycles. The lowest BCUT2D eigenvalue weighted by Crippen LogP contribution is -2.42. The molecule has 106 valence electrons. The van der Waals surface area contributed by atoms with Gasteiger partial charge in [-0.3, -0.25) is 4.79 Å². The zero-order chi connectivity index (χ0) is 14.8. The normalized spacial score (nSPS) is 17.1. The van der Waals surface area contributed by atoms with E-state index in [9.17, 15) is 4.79 Å². The highest BCUT2D eigenvalue weighted by Crippen LogP contribution is 2.37. The third kappa shape index (κ3) is 2.52. The number of rotatable bonds is 3. The number of nitrogens with one attached hydrogen (secondary N) is 1. The number of benzene rings is 2. The first-order chi connectivity index (χ1) is 10.2. The lowest BCUT2D eigenvalue weighted by atomic mass is 10.0.